The molecule has 1 aliphatic rings. The number of halogens is 1. The van der Waals surface area contributed by atoms with Crippen LogP contribution in [-0.4, -0.2) is 50.2 Å². The van der Waals surface area contributed by atoms with Gasteiger partial charge in [0.25, 0.3) is 0 Å². The predicted molar refractivity (Wildman–Crippen MR) is 89.5 cm³/mol. The van der Waals surface area contributed by atoms with Crippen molar-refractivity contribution in [3.05, 3.63) is 36.7 Å². The van der Waals surface area contributed by atoms with E-state index in [0.717, 1.165) is 31.0 Å². The topological polar surface area (TPSA) is 63.0 Å². The van der Waals surface area contributed by atoms with Crippen LogP contribution < -0.4 is 9.80 Å². The molecule has 0 amide bonds. The van der Waals surface area contributed by atoms with Gasteiger partial charge in [-0.15, -0.1) is 0 Å². The Morgan fingerprint density at radius 3 is 2.75 bits per heavy atom. The second kappa shape index (κ2) is 5.70. The second-order valence-electron chi connectivity index (χ2n) is 6.06. The summed E-state index contributed by atoms with van der Waals surface area (Å²) >= 11 is 0. The van der Waals surface area contributed by atoms with E-state index in [1.807, 2.05) is 17.8 Å². The smallest absolute Gasteiger partial charge is 0.227 e. The van der Waals surface area contributed by atoms with Gasteiger partial charge < -0.3 is 14.4 Å². The highest BCUT2D eigenvalue weighted by molar-refractivity contribution is 5.71. The highest BCUT2D eigenvalue weighted by atomic mass is 19.1. The number of fused-ring (bicyclic) bond motifs is 1. The van der Waals surface area contributed by atoms with Crippen LogP contribution in [-0.2, 0) is 7.05 Å². The zero-order valence-corrected chi connectivity index (χ0v) is 13.6. The Balaban J connectivity index is 1.53. The summed E-state index contributed by atoms with van der Waals surface area (Å²) in [4.78, 5) is 21.8. The van der Waals surface area contributed by atoms with Crippen LogP contribution in [0.2, 0.25) is 0 Å². The maximum Gasteiger partial charge on any atom is 0.227 e. The molecule has 0 aromatic carbocycles. The van der Waals surface area contributed by atoms with Crippen LogP contribution in [0.25, 0.3) is 11.2 Å². The van der Waals surface area contributed by atoms with Crippen molar-refractivity contribution in [1.29, 1.82) is 0 Å². The molecule has 1 saturated heterocycles. The van der Waals surface area contributed by atoms with Gasteiger partial charge in [-0.2, -0.15) is 4.98 Å². The minimum Gasteiger partial charge on any atom is -0.350 e. The summed E-state index contributed by atoms with van der Waals surface area (Å²) in [6, 6.07) is 3.39. The first kappa shape index (κ1) is 14.8. The average Bonchev–Trinajstić information content (AvgIpc) is 2.96. The van der Waals surface area contributed by atoms with Crippen LogP contribution in [0, 0.1) is 5.82 Å². The molecule has 0 aliphatic carbocycles. The Morgan fingerprint density at radius 2 is 2.00 bits per heavy atom. The standard InChI is InChI=1S/C16H18FN7/c1-11-9-23(5-6-24(11)14-4-3-12(17)7-18-14)16-19-8-13-15(21-16)20-10-22(13)2/h3-4,7-8,10-11H,5-6,9H2,1-2H3. The zero-order valence-electron chi connectivity index (χ0n) is 13.6. The Kier molecular flexibility index (Phi) is 3.51. The molecule has 0 saturated carbocycles. The maximum absolute atomic E-state index is 13.1. The number of aromatic nitrogens is 5. The Morgan fingerprint density at radius 1 is 1.12 bits per heavy atom. The SMILES string of the molecule is CC1CN(c2ncc3c(ncn3C)n2)CCN1c1ccc(F)cn1. The molecule has 8 heteroatoms. The number of piperazine rings is 1. The normalized spacial score (nSPS) is 18.4. The Bertz CT molecular complexity index is 860. The first-order chi connectivity index (χ1) is 11.6. The molecule has 4 rings (SSSR count). The number of rotatable bonds is 2. The van der Waals surface area contributed by atoms with E-state index >= 15 is 0 Å². The first-order valence-corrected chi connectivity index (χ1v) is 7.89. The number of imidazole rings is 1. The minimum absolute atomic E-state index is 0.222. The van der Waals surface area contributed by atoms with Crippen LogP contribution in [0.5, 0.6) is 0 Å². The van der Waals surface area contributed by atoms with Crippen LogP contribution in [0.4, 0.5) is 16.2 Å². The number of hydrogen-bond acceptors (Lipinski definition) is 6. The van der Waals surface area contributed by atoms with Crippen molar-refractivity contribution in [1.82, 2.24) is 24.5 Å². The molecule has 0 bridgehead atoms. The van der Waals surface area contributed by atoms with Crippen molar-refractivity contribution in [3.8, 4) is 0 Å². The van der Waals surface area contributed by atoms with Gasteiger partial charge in [-0.25, -0.2) is 19.3 Å². The molecule has 0 N–H and O–H groups in total. The third kappa shape index (κ3) is 2.53. The molecule has 1 aliphatic heterocycles. The van der Waals surface area contributed by atoms with Gasteiger partial charge in [-0.1, -0.05) is 0 Å². The van der Waals surface area contributed by atoms with Gasteiger partial charge in [0.2, 0.25) is 5.95 Å². The van der Waals surface area contributed by atoms with E-state index in [1.54, 1.807) is 12.4 Å². The lowest BCUT2D eigenvalue weighted by atomic mass is 10.2. The largest absolute Gasteiger partial charge is 0.350 e. The molecule has 24 heavy (non-hydrogen) atoms. The van der Waals surface area contributed by atoms with Crippen LogP contribution in [0.15, 0.2) is 30.9 Å². The zero-order chi connectivity index (χ0) is 16.7. The van der Waals surface area contributed by atoms with Gasteiger partial charge in [0.05, 0.1) is 18.7 Å². The molecule has 1 fully saturated rings. The van der Waals surface area contributed by atoms with E-state index < -0.39 is 0 Å². The van der Waals surface area contributed by atoms with Crippen LogP contribution >= 0.6 is 0 Å². The quantitative estimate of drug-likeness (QED) is 0.713. The van der Waals surface area contributed by atoms with Gasteiger partial charge in [0.15, 0.2) is 5.65 Å². The molecule has 4 heterocycles. The van der Waals surface area contributed by atoms with E-state index in [-0.39, 0.29) is 11.9 Å². The molecule has 1 atom stereocenters. The summed E-state index contributed by atoms with van der Waals surface area (Å²) in [5.74, 6) is 1.17. The highest BCUT2D eigenvalue weighted by Gasteiger charge is 2.26. The van der Waals surface area contributed by atoms with E-state index in [2.05, 4.69) is 36.7 Å². The first-order valence-electron chi connectivity index (χ1n) is 7.89. The van der Waals surface area contributed by atoms with Crippen LogP contribution in [0.1, 0.15) is 6.92 Å². The molecule has 0 spiro atoms. The van der Waals surface area contributed by atoms with Gasteiger partial charge >= 0.3 is 0 Å². The number of hydrogen-bond donors (Lipinski definition) is 0. The summed E-state index contributed by atoms with van der Waals surface area (Å²) in [6.45, 7) is 4.46. The Hall–Kier alpha value is -2.77. The fourth-order valence-electron chi connectivity index (χ4n) is 3.07. The summed E-state index contributed by atoms with van der Waals surface area (Å²) < 4.78 is 15.0. The number of nitrogens with zero attached hydrogens (tertiary/aromatic N) is 7. The molecular formula is C16H18FN7. The molecule has 3 aromatic heterocycles. The van der Waals surface area contributed by atoms with Crippen molar-refractivity contribution in [2.24, 2.45) is 7.05 Å². The van der Waals surface area contributed by atoms with E-state index in [0.29, 0.717) is 11.6 Å². The lowest BCUT2D eigenvalue weighted by Gasteiger charge is -2.40. The third-order valence-electron chi connectivity index (χ3n) is 4.39. The van der Waals surface area contributed by atoms with E-state index in [9.17, 15) is 4.39 Å². The van der Waals surface area contributed by atoms with Gasteiger partial charge in [0.1, 0.15) is 17.2 Å². The summed E-state index contributed by atoms with van der Waals surface area (Å²) in [7, 11) is 1.93. The van der Waals surface area contributed by atoms with Gasteiger partial charge in [-0.3, -0.25) is 0 Å². The Labute approximate surface area is 138 Å². The summed E-state index contributed by atoms with van der Waals surface area (Å²) in [5.41, 5.74) is 1.62. The predicted octanol–water partition coefficient (Wildman–Crippen LogP) is 1.61. The van der Waals surface area contributed by atoms with Crippen LogP contribution in [0.3, 0.4) is 0 Å². The van der Waals surface area contributed by atoms with Crippen molar-refractivity contribution >= 4 is 22.9 Å². The third-order valence-corrected chi connectivity index (χ3v) is 4.39. The van der Waals surface area contributed by atoms with E-state index in [1.165, 1.54) is 12.3 Å². The number of aryl methyl sites for hydroxylation is 1. The second-order valence-corrected chi connectivity index (χ2v) is 6.06. The molecule has 0 radical (unpaired) electrons. The summed E-state index contributed by atoms with van der Waals surface area (Å²) in [6.07, 6.45) is 4.81. The fourth-order valence-corrected chi connectivity index (χ4v) is 3.07. The lowest BCUT2D eigenvalue weighted by Crippen LogP contribution is -2.52. The van der Waals surface area contributed by atoms with E-state index in [4.69, 9.17) is 0 Å². The number of pyridine rings is 1. The van der Waals surface area contributed by atoms with Crippen molar-refractivity contribution in [3.63, 3.8) is 0 Å². The molecule has 1 unspecified atom stereocenters. The molecule has 7 nitrogen and oxygen atoms in total. The average molecular weight is 327 g/mol. The molecule has 3 aromatic rings. The molecule has 124 valence electrons. The minimum atomic E-state index is -0.317. The summed E-state index contributed by atoms with van der Waals surface area (Å²) in [5, 5.41) is 0. The van der Waals surface area contributed by atoms with Gasteiger partial charge in [0, 0.05) is 32.7 Å². The molecular weight excluding hydrogens is 309 g/mol. The monoisotopic (exact) mass is 327 g/mol. The van der Waals surface area contributed by atoms with Gasteiger partial charge in [-0.05, 0) is 19.1 Å². The van der Waals surface area contributed by atoms with Crippen molar-refractivity contribution in [2.45, 2.75) is 13.0 Å². The highest BCUT2D eigenvalue weighted by Crippen LogP contribution is 2.21. The fraction of sp³-hybridized carbons (Fsp3) is 0.375. The van der Waals surface area contributed by atoms with Crippen molar-refractivity contribution in [2.75, 3.05) is 29.4 Å². The maximum atomic E-state index is 13.1. The lowest BCUT2D eigenvalue weighted by molar-refractivity contribution is 0.537. The number of anilines is 2. The van der Waals surface area contributed by atoms with Crippen molar-refractivity contribution < 1.29 is 4.39 Å².